The van der Waals surface area contributed by atoms with Gasteiger partial charge in [0.1, 0.15) is 11.9 Å². The number of aromatic nitrogens is 2. The van der Waals surface area contributed by atoms with Crippen LogP contribution in [0, 0.1) is 0 Å². The lowest BCUT2D eigenvalue weighted by Gasteiger charge is -2.38. The molecule has 3 aromatic carbocycles. The first-order chi connectivity index (χ1) is 23.5. The number of para-hydroxylation sites is 1. The first-order valence-corrected chi connectivity index (χ1v) is 16.2. The van der Waals surface area contributed by atoms with Gasteiger partial charge in [-0.15, -0.1) is 0 Å². The third kappa shape index (κ3) is 7.14. The second-order valence-corrected chi connectivity index (χ2v) is 12.3. The zero-order valence-corrected chi connectivity index (χ0v) is 27.0. The van der Waals surface area contributed by atoms with Gasteiger partial charge in [-0.05, 0) is 74.3 Å². The van der Waals surface area contributed by atoms with E-state index in [0.717, 1.165) is 55.4 Å². The van der Waals surface area contributed by atoms with Gasteiger partial charge in [-0.3, -0.25) is 24.2 Å². The summed E-state index contributed by atoms with van der Waals surface area (Å²) >= 11 is 0. The van der Waals surface area contributed by atoms with Crippen LogP contribution in [0.4, 0.5) is 19.0 Å². The molecular formula is C37H37F3N6O3. The molecule has 254 valence electrons. The van der Waals surface area contributed by atoms with Crippen LogP contribution in [0.1, 0.15) is 58.3 Å². The molecule has 12 heteroatoms. The summed E-state index contributed by atoms with van der Waals surface area (Å²) in [6, 6.07) is 19.6. The zero-order valence-electron chi connectivity index (χ0n) is 27.0. The Hall–Kier alpha value is -5.23. The third-order valence-corrected chi connectivity index (χ3v) is 8.98. The molecule has 2 N–H and O–H groups in total. The van der Waals surface area contributed by atoms with Crippen LogP contribution in [0.15, 0.2) is 97.2 Å². The number of nitrogens with zero attached hydrogens (tertiary/aromatic N) is 4. The van der Waals surface area contributed by atoms with E-state index in [1.165, 1.54) is 11.0 Å². The van der Waals surface area contributed by atoms with Crippen LogP contribution in [-0.2, 0) is 22.3 Å². The molecule has 4 aromatic rings. The highest BCUT2D eigenvalue weighted by molar-refractivity contribution is 6.05. The number of rotatable bonds is 10. The molecule has 2 aliphatic heterocycles. The van der Waals surface area contributed by atoms with Crippen molar-refractivity contribution in [2.75, 3.05) is 31.1 Å². The first-order valence-electron chi connectivity index (χ1n) is 16.2. The maximum absolute atomic E-state index is 14.3. The van der Waals surface area contributed by atoms with Gasteiger partial charge in [-0.25, -0.2) is 4.68 Å². The number of benzene rings is 3. The van der Waals surface area contributed by atoms with Crippen molar-refractivity contribution >= 4 is 23.5 Å². The maximum atomic E-state index is 14.3. The van der Waals surface area contributed by atoms with E-state index < -0.39 is 35.5 Å². The number of hydrogen-bond donors (Lipinski definition) is 2. The lowest BCUT2D eigenvalue weighted by atomic mass is 9.81. The van der Waals surface area contributed by atoms with Gasteiger partial charge in [0.2, 0.25) is 5.91 Å². The van der Waals surface area contributed by atoms with Crippen molar-refractivity contribution in [1.82, 2.24) is 25.3 Å². The number of carbonyl (C=O) groups excluding carboxylic acids is 3. The smallest absolute Gasteiger partial charge is 0.348 e. The van der Waals surface area contributed by atoms with Crippen LogP contribution in [0.2, 0.25) is 0 Å². The minimum atomic E-state index is -4.64. The number of carbonyl (C=O) groups is 3. The largest absolute Gasteiger partial charge is 0.416 e. The lowest BCUT2D eigenvalue weighted by Crippen LogP contribution is -2.55. The van der Waals surface area contributed by atoms with Crippen molar-refractivity contribution in [3.63, 3.8) is 0 Å². The molecule has 1 aromatic heterocycles. The molecule has 0 unspecified atom stereocenters. The molecule has 0 bridgehead atoms. The quantitative estimate of drug-likeness (QED) is 0.219. The SMILES string of the molecule is C=C(CN1CCCC1)C(=O)NCc1cccc([C@@H]2c3cnn(-c4ccccc4)c3N(CC)C(=O)[C@H]2NC(=O)c2cccc(C(F)(F)F)c2)c1. The molecule has 2 aliphatic rings. The summed E-state index contributed by atoms with van der Waals surface area (Å²) in [5.41, 5.74) is 2.09. The average molecular weight is 671 g/mol. The van der Waals surface area contributed by atoms with Gasteiger partial charge in [0.25, 0.3) is 11.8 Å². The highest BCUT2D eigenvalue weighted by Crippen LogP contribution is 2.42. The summed E-state index contributed by atoms with van der Waals surface area (Å²) in [7, 11) is 0. The Kier molecular flexibility index (Phi) is 9.68. The molecule has 1 saturated heterocycles. The highest BCUT2D eigenvalue weighted by Gasteiger charge is 2.44. The number of fused-ring (bicyclic) bond motifs is 1. The number of alkyl halides is 3. The van der Waals surface area contributed by atoms with Crippen LogP contribution in [0.5, 0.6) is 0 Å². The molecule has 6 rings (SSSR count). The van der Waals surface area contributed by atoms with Gasteiger partial charge in [0.15, 0.2) is 0 Å². The van der Waals surface area contributed by atoms with E-state index >= 15 is 0 Å². The summed E-state index contributed by atoms with van der Waals surface area (Å²) in [4.78, 5) is 44.5. The average Bonchev–Trinajstić information content (AvgIpc) is 3.78. The normalized spacial score (nSPS) is 17.9. The van der Waals surface area contributed by atoms with Crippen molar-refractivity contribution in [1.29, 1.82) is 0 Å². The van der Waals surface area contributed by atoms with E-state index in [1.807, 2.05) is 48.5 Å². The van der Waals surface area contributed by atoms with E-state index in [4.69, 9.17) is 0 Å². The Balaban J connectivity index is 1.34. The molecule has 0 spiro atoms. The van der Waals surface area contributed by atoms with Crippen LogP contribution >= 0.6 is 0 Å². The van der Waals surface area contributed by atoms with E-state index in [9.17, 15) is 27.6 Å². The van der Waals surface area contributed by atoms with Gasteiger partial charge in [-0.1, -0.05) is 55.1 Å². The summed E-state index contributed by atoms with van der Waals surface area (Å²) < 4.78 is 42.1. The number of nitrogens with one attached hydrogen (secondary N) is 2. The van der Waals surface area contributed by atoms with Gasteiger partial charge < -0.3 is 10.6 Å². The van der Waals surface area contributed by atoms with Crippen LogP contribution in [0.25, 0.3) is 5.69 Å². The van der Waals surface area contributed by atoms with Gasteiger partial charge in [-0.2, -0.15) is 18.3 Å². The minimum Gasteiger partial charge on any atom is -0.348 e. The predicted molar refractivity (Wildman–Crippen MR) is 179 cm³/mol. The summed E-state index contributed by atoms with van der Waals surface area (Å²) in [6.45, 7) is 8.61. The summed E-state index contributed by atoms with van der Waals surface area (Å²) in [5, 5.41) is 10.3. The first kappa shape index (κ1) is 33.7. The predicted octanol–water partition coefficient (Wildman–Crippen LogP) is 5.46. The second-order valence-electron chi connectivity index (χ2n) is 12.3. The van der Waals surface area contributed by atoms with Crippen molar-refractivity contribution < 1.29 is 27.6 Å². The molecule has 49 heavy (non-hydrogen) atoms. The van der Waals surface area contributed by atoms with Crippen molar-refractivity contribution in [2.24, 2.45) is 0 Å². The summed E-state index contributed by atoms with van der Waals surface area (Å²) in [5.74, 6) is -1.72. The topological polar surface area (TPSA) is 99.6 Å². The fourth-order valence-electron chi connectivity index (χ4n) is 6.57. The van der Waals surface area contributed by atoms with Gasteiger partial charge in [0.05, 0.1) is 17.4 Å². The van der Waals surface area contributed by atoms with Gasteiger partial charge in [0, 0.05) is 42.3 Å². The Morgan fingerprint density at radius 2 is 1.71 bits per heavy atom. The van der Waals surface area contributed by atoms with E-state index in [0.29, 0.717) is 29.1 Å². The van der Waals surface area contributed by atoms with E-state index in [-0.39, 0.29) is 24.6 Å². The molecular weight excluding hydrogens is 633 g/mol. The minimum absolute atomic E-state index is 0.199. The number of anilines is 1. The number of likely N-dealkylation sites (N-methyl/N-ethyl adjacent to an activating group) is 1. The molecule has 3 amide bonds. The van der Waals surface area contributed by atoms with Crippen molar-refractivity contribution in [3.05, 3.63) is 125 Å². The Morgan fingerprint density at radius 3 is 2.43 bits per heavy atom. The monoisotopic (exact) mass is 670 g/mol. The Labute approximate surface area is 282 Å². The fourth-order valence-corrected chi connectivity index (χ4v) is 6.57. The molecule has 1 fully saturated rings. The Bertz CT molecular complexity index is 1870. The third-order valence-electron chi connectivity index (χ3n) is 8.98. The number of likely N-dealkylation sites (tertiary alicyclic amines) is 1. The standard InChI is InChI=1S/C37H37F3N6O3/c1-3-45-35-30(22-42-46(35)29-15-5-4-6-16-29)31(32(36(45)49)43-34(48)27-13-10-14-28(20-27)37(38,39)40)26-12-9-11-25(19-26)21-41-33(47)24(2)23-44-17-7-8-18-44/h4-6,9-16,19-20,22,31-32H,2-3,7-8,17-18,21,23H2,1H3,(H,41,47)(H,43,48)/t31-,32+/m1/s1. The van der Waals surface area contributed by atoms with Crippen molar-refractivity contribution in [3.8, 4) is 5.69 Å². The lowest BCUT2D eigenvalue weighted by molar-refractivity contribution is -0.137. The number of amides is 3. The number of hydrogen-bond acceptors (Lipinski definition) is 5. The maximum Gasteiger partial charge on any atom is 0.416 e. The molecule has 0 aliphatic carbocycles. The zero-order chi connectivity index (χ0) is 34.7. The fraction of sp³-hybridized carbons (Fsp3) is 0.297. The molecule has 3 heterocycles. The van der Waals surface area contributed by atoms with Crippen LogP contribution < -0.4 is 15.5 Å². The molecule has 0 radical (unpaired) electrons. The molecule has 0 saturated carbocycles. The highest BCUT2D eigenvalue weighted by atomic mass is 19.4. The van der Waals surface area contributed by atoms with E-state index in [2.05, 4.69) is 27.2 Å². The molecule has 2 atom stereocenters. The van der Waals surface area contributed by atoms with E-state index in [1.54, 1.807) is 23.9 Å². The van der Waals surface area contributed by atoms with Crippen molar-refractivity contribution in [2.45, 2.75) is 44.4 Å². The van der Waals surface area contributed by atoms with Crippen LogP contribution in [-0.4, -0.2) is 64.6 Å². The number of halogens is 3. The second kappa shape index (κ2) is 14.1. The molecule has 9 nitrogen and oxygen atoms in total. The summed E-state index contributed by atoms with van der Waals surface area (Å²) in [6.07, 6.45) is -0.776. The van der Waals surface area contributed by atoms with Gasteiger partial charge >= 0.3 is 6.18 Å². The Morgan fingerprint density at radius 1 is 0.980 bits per heavy atom. The van der Waals surface area contributed by atoms with Crippen LogP contribution in [0.3, 0.4) is 0 Å².